The molecule has 1 N–H and O–H groups in total. The highest BCUT2D eigenvalue weighted by molar-refractivity contribution is 7.99. The molecule has 0 aliphatic heterocycles. The minimum Gasteiger partial charge on any atom is -0.478 e. The molecule has 1 rings (SSSR count). The maximum absolute atomic E-state index is 10.7. The fourth-order valence-corrected chi connectivity index (χ4v) is 1.98. The van der Waals surface area contributed by atoms with Crippen molar-refractivity contribution in [1.29, 1.82) is 0 Å². The lowest BCUT2D eigenvalue weighted by molar-refractivity contribution is 0.0695. The first-order valence-electron chi connectivity index (χ1n) is 4.85. The van der Waals surface area contributed by atoms with E-state index in [1.807, 2.05) is 0 Å². The Kier molecular flexibility index (Phi) is 4.55. The summed E-state index contributed by atoms with van der Waals surface area (Å²) >= 11 is 1.56. The second kappa shape index (κ2) is 5.70. The summed E-state index contributed by atoms with van der Waals surface area (Å²) in [5, 5.41) is 9.44. The van der Waals surface area contributed by atoms with Gasteiger partial charge in [-0.05, 0) is 13.3 Å². The van der Waals surface area contributed by atoms with Gasteiger partial charge in [-0.1, -0.05) is 25.1 Å². The van der Waals surface area contributed by atoms with E-state index in [0.717, 1.165) is 18.6 Å². The molecule has 0 amide bonds. The highest BCUT2D eigenvalue weighted by atomic mass is 32.2. The lowest BCUT2D eigenvalue weighted by atomic mass is 10.2. The summed E-state index contributed by atoms with van der Waals surface area (Å²) in [5.41, 5.74) is 0.700. The van der Waals surface area contributed by atoms with Crippen molar-refractivity contribution < 1.29 is 9.90 Å². The molecule has 0 aliphatic carbocycles. The van der Waals surface area contributed by atoms with Gasteiger partial charge in [-0.15, -0.1) is 0 Å². The lowest BCUT2D eigenvalue weighted by Gasteiger charge is -2.02. The molecule has 0 aromatic carbocycles. The third-order valence-electron chi connectivity index (χ3n) is 1.92. The molecule has 0 atom stereocenters. The average molecular weight is 226 g/mol. The van der Waals surface area contributed by atoms with Gasteiger partial charge in [0.1, 0.15) is 0 Å². The predicted molar refractivity (Wildman–Crippen MR) is 59.4 cm³/mol. The summed E-state index contributed by atoms with van der Waals surface area (Å²) in [6.07, 6.45) is 3.63. The minimum absolute atomic E-state index is 0.176. The number of aromatic nitrogens is 2. The van der Waals surface area contributed by atoms with Crippen LogP contribution in [0.1, 0.15) is 35.8 Å². The number of carboxylic acids is 1. The Morgan fingerprint density at radius 3 is 2.87 bits per heavy atom. The van der Waals surface area contributed by atoms with Crippen LogP contribution in [0.2, 0.25) is 0 Å². The molecule has 0 radical (unpaired) electrons. The molecule has 15 heavy (non-hydrogen) atoms. The van der Waals surface area contributed by atoms with Crippen LogP contribution in [0, 0.1) is 6.92 Å². The van der Waals surface area contributed by atoms with Gasteiger partial charge < -0.3 is 5.11 Å². The Bertz CT molecular complexity index is 355. The first-order valence-corrected chi connectivity index (χ1v) is 5.83. The van der Waals surface area contributed by atoms with Crippen LogP contribution in [0.4, 0.5) is 0 Å². The summed E-state index contributed by atoms with van der Waals surface area (Å²) in [6.45, 7) is 3.81. The van der Waals surface area contributed by atoms with Crippen LogP contribution < -0.4 is 0 Å². The molecule has 0 spiro atoms. The van der Waals surface area contributed by atoms with E-state index in [-0.39, 0.29) is 5.56 Å². The Morgan fingerprint density at radius 1 is 1.60 bits per heavy atom. The van der Waals surface area contributed by atoms with Crippen molar-refractivity contribution in [2.24, 2.45) is 0 Å². The molecule has 5 heteroatoms. The summed E-state index contributed by atoms with van der Waals surface area (Å²) < 4.78 is 0. The molecule has 1 heterocycles. The first-order chi connectivity index (χ1) is 7.15. The Hall–Kier alpha value is -1.10. The highest BCUT2D eigenvalue weighted by Crippen LogP contribution is 2.16. The van der Waals surface area contributed by atoms with Gasteiger partial charge >= 0.3 is 5.97 Å². The Morgan fingerprint density at radius 2 is 2.33 bits per heavy atom. The average Bonchev–Trinajstić information content (AvgIpc) is 2.17. The maximum Gasteiger partial charge on any atom is 0.339 e. The number of hydrogen-bond donors (Lipinski definition) is 1. The van der Waals surface area contributed by atoms with Crippen molar-refractivity contribution in [1.82, 2.24) is 9.97 Å². The Labute approximate surface area is 93.1 Å². The van der Waals surface area contributed by atoms with Gasteiger partial charge in [-0.3, -0.25) is 0 Å². The number of aryl methyl sites for hydroxylation is 1. The SMILES string of the molecule is CCCCSc1ncc(C(=O)O)c(C)n1. The van der Waals surface area contributed by atoms with E-state index in [2.05, 4.69) is 16.9 Å². The van der Waals surface area contributed by atoms with Gasteiger partial charge in [0.15, 0.2) is 5.16 Å². The molecule has 0 saturated carbocycles. The number of thioether (sulfide) groups is 1. The van der Waals surface area contributed by atoms with Crippen LogP contribution in [-0.2, 0) is 0 Å². The second-order valence-electron chi connectivity index (χ2n) is 3.16. The van der Waals surface area contributed by atoms with Crippen molar-refractivity contribution in [3.8, 4) is 0 Å². The minimum atomic E-state index is -0.974. The normalized spacial score (nSPS) is 10.3. The molecule has 1 aromatic rings. The van der Waals surface area contributed by atoms with Crippen molar-refractivity contribution in [3.05, 3.63) is 17.5 Å². The molecule has 1 aromatic heterocycles. The van der Waals surface area contributed by atoms with E-state index in [1.165, 1.54) is 6.20 Å². The van der Waals surface area contributed by atoms with Crippen LogP contribution in [0.15, 0.2) is 11.4 Å². The zero-order valence-corrected chi connectivity index (χ0v) is 9.67. The number of carboxylic acid groups (broad SMARTS) is 1. The van der Waals surface area contributed by atoms with Gasteiger partial charge in [-0.2, -0.15) is 0 Å². The van der Waals surface area contributed by atoms with Crippen LogP contribution in [0.25, 0.3) is 0 Å². The second-order valence-corrected chi connectivity index (χ2v) is 4.22. The van der Waals surface area contributed by atoms with Gasteiger partial charge in [-0.25, -0.2) is 14.8 Å². The van der Waals surface area contributed by atoms with E-state index in [9.17, 15) is 4.79 Å². The zero-order valence-electron chi connectivity index (χ0n) is 8.86. The van der Waals surface area contributed by atoms with E-state index in [1.54, 1.807) is 18.7 Å². The van der Waals surface area contributed by atoms with Crippen LogP contribution >= 0.6 is 11.8 Å². The first kappa shape index (κ1) is 12.0. The largest absolute Gasteiger partial charge is 0.478 e. The third-order valence-corrected chi connectivity index (χ3v) is 2.86. The number of rotatable bonds is 5. The quantitative estimate of drug-likeness (QED) is 0.474. The molecule has 0 unspecified atom stereocenters. The predicted octanol–water partition coefficient (Wildman–Crippen LogP) is 2.38. The van der Waals surface area contributed by atoms with E-state index in [4.69, 9.17) is 5.11 Å². The number of unbranched alkanes of at least 4 members (excludes halogenated alkanes) is 1. The molecule has 0 bridgehead atoms. The zero-order chi connectivity index (χ0) is 11.3. The molecular formula is C10H14N2O2S. The molecule has 0 fully saturated rings. The molecule has 82 valence electrons. The number of aromatic carboxylic acids is 1. The smallest absolute Gasteiger partial charge is 0.339 e. The van der Waals surface area contributed by atoms with Crippen molar-refractivity contribution in [2.45, 2.75) is 31.8 Å². The summed E-state index contributed by atoms with van der Waals surface area (Å²) in [5.74, 6) is 0.000125. The van der Waals surface area contributed by atoms with E-state index in [0.29, 0.717) is 10.9 Å². The fourth-order valence-electron chi connectivity index (χ4n) is 1.03. The summed E-state index contributed by atoms with van der Waals surface area (Å²) in [7, 11) is 0. The summed E-state index contributed by atoms with van der Waals surface area (Å²) in [4.78, 5) is 18.8. The Balaban J connectivity index is 2.69. The molecule has 0 saturated heterocycles. The topological polar surface area (TPSA) is 63.1 Å². The number of nitrogens with zero attached hydrogens (tertiary/aromatic N) is 2. The van der Waals surface area contributed by atoms with Crippen molar-refractivity contribution in [2.75, 3.05) is 5.75 Å². The molecular weight excluding hydrogens is 212 g/mol. The van der Waals surface area contributed by atoms with E-state index >= 15 is 0 Å². The highest BCUT2D eigenvalue weighted by Gasteiger charge is 2.09. The monoisotopic (exact) mass is 226 g/mol. The van der Waals surface area contributed by atoms with Crippen LogP contribution in [0.5, 0.6) is 0 Å². The third kappa shape index (κ3) is 3.51. The van der Waals surface area contributed by atoms with Crippen molar-refractivity contribution >= 4 is 17.7 Å². The molecule has 0 aliphatic rings. The fraction of sp³-hybridized carbons (Fsp3) is 0.500. The number of hydrogen-bond acceptors (Lipinski definition) is 4. The lowest BCUT2D eigenvalue weighted by Crippen LogP contribution is -2.04. The number of carbonyl (C=O) groups is 1. The summed E-state index contributed by atoms with van der Waals surface area (Å²) in [6, 6.07) is 0. The van der Waals surface area contributed by atoms with Gasteiger partial charge in [0.2, 0.25) is 0 Å². The van der Waals surface area contributed by atoms with Gasteiger partial charge in [0.05, 0.1) is 11.3 Å². The van der Waals surface area contributed by atoms with Crippen LogP contribution in [0.3, 0.4) is 0 Å². The maximum atomic E-state index is 10.7. The van der Waals surface area contributed by atoms with Crippen molar-refractivity contribution in [3.63, 3.8) is 0 Å². The van der Waals surface area contributed by atoms with Crippen LogP contribution in [-0.4, -0.2) is 26.8 Å². The van der Waals surface area contributed by atoms with E-state index < -0.39 is 5.97 Å². The molecule has 4 nitrogen and oxygen atoms in total. The van der Waals surface area contributed by atoms with Gasteiger partial charge in [0.25, 0.3) is 0 Å². The standard InChI is InChI=1S/C10H14N2O2S/c1-3-4-5-15-10-11-6-8(9(13)14)7(2)12-10/h6H,3-5H2,1-2H3,(H,13,14). The van der Waals surface area contributed by atoms with Gasteiger partial charge in [0, 0.05) is 11.9 Å².